The zero-order valence-corrected chi connectivity index (χ0v) is 9.86. The van der Waals surface area contributed by atoms with Gasteiger partial charge in [0.2, 0.25) is 0 Å². The molecule has 14 heavy (non-hydrogen) atoms. The van der Waals surface area contributed by atoms with Crippen LogP contribution in [0.25, 0.3) is 0 Å². The zero-order chi connectivity index (χ0) is 11.0. The second-order valence-electron chi connectivity index (χ2n) is 2.97. The first-order valence-electron chi connectivity index (χ1n) is 4.92. The van der Waals surface area contributed by atoms with E-state index in [-0.39, 0.29) is 5.78 Å². The van der Waals surface area contributed by atoms with Gasteiger partial charge in [0.15, 0.2) is 11.0 Å². The van der Waals surface area contributed by atoms with Crippen molar-refractivity contribution in [3.05, 3.63) is 0 Å². The Morgan fingerprint density at radius 3 is 2.43 bits per heavy atom. The van der Waals surface area contributed by atoms with Crippen molar-refractivity contribution in [2.45, 2.75) is 38.9 Å². The number of rotatable bonds is 7. The van der Waals surface area contributed by atoms with Crippen LogP contribution in [0.5, 0.6) is 0 Å². The summed E-state index contributed by atoms with van der Waals surface area (Å²) in [7, 11) is 0. The molecule has 0 spiro atoms. The molecular weight excluding hydrogens is 200 g/mol. The average molecular weight is 218 g/mol. The number of carbonyl (C=O) groups is 2. The van der Waals surface area contributed by atoms with Crippen LogP contribution in [0, 0.1) is 0 Å². The molecule has 1 unspecified atom stereocenters. The predicted molar refractivity (Wildman–Crippen MR) is 58.5 cm³/mol. The summed E-state index contributed by atoms with van der Waals surface area (Å²) in [6.45, 7) is 5.58. The molecule has 0 amide bonds. The van der Waals surface area contributed by atoms with E-state index in [2.05, 4.69) is 6.92 Å². The normalized spacial score (nSPS) is 12.2. The van der Waals surface area contributed by atoms with E-state index in [0.717, 1.165) is 18.6 Å². The molecule has 82 valence electrons. The summed E-state index contributed by atoms with van der Waals surface area (Å²) in [6, 6.07) is 0. The Hall–Kier alpha value is -0.510. The van der Waals surface area contributed by atoms with E-state index in [4.69, 9.17) is 4.74 Å². The molecule has 4 heteroatoms. The molecule has 0 N–H and O–H groups in total. The number of thioether (sulfide) groups is 1. The highest BCUT2D eigenvalue weighted by Crippen LogP contribution is 2.15. The summed E-state index contributed by atoms with van der Waals surface area (Å²) in [5, 5.41) is -0.624. The van der Waals surface area contributed by atoms with Crippen molar-refractivity contribution in [2.75, 3.05) is 12.4 Å². The molecule has 0 radical (unpaired) electrons. The van der Waals surface area contributed by atoms with E-state index in [1.807, 2.05) is 0 Å². The van der Waals surface area contributed by atoms with Crippen molar-refractivity contribution >= 4 is 23.5 Å². The highest BCUT2D eigenvalue weighted by atomic mass is 32.2. The molecule has 3 nitrogen and oxygen atoms in total. The van der Waals surface area contributed by atoms with Crippen molar-refractivity contribution in [3.8, 4) is 0 Å². The van der Waals surface area contributed by atoms with Gasteiger partial charge in [-0.2, -0.15) is 0 Å². The minimum Gasteiger partial charge on any atom is -0.465 e. The van der Waals surface area contributed by atoms with Crippen LogP contribution in [-0.2, 0) is 14.3 Å². The summed E-state index contributed by atoms with van der Waals surface area (Å²) in [5.41, 5.74) is 0. The molecule has 0 heterocycles. The van der Waals surface area contributed by atoms with Crippen LogP contribution < -0.4 is 0 Å². The average Bonchev–Trinajstić information content (AvgIpc) is 2.12. The van der Waals surface area contributed by atoms with Crippen LogP contribution >= 0.6 is 11.8 Å². The van der Waals surface area contributed by atoms with Crippen LogP contribution in [0.2, 0.25) is 0 Å². The SMILES string of the molecule is CCCCSC(C(C)=O)C(=O)OCC. The molecule has 0 rings (SSSR count). The topological polar surface area (TPSA) is 43.4 Å². The number of Topliss-reactive ketones (excluding diaryl/α,β-unsaturated/α-hetero) is 1. The fourth-order valence-electron chi connectivity index (χ4n) is 0.915. The van der Waals surface area contributed by atoms with Crippen molar-refractivity contribution < 1.29 is 14.3 Å². The van der Waals surface area contributed by atoms with E-state index in [1.54, 1.807) is 6.92 Å². The monoisotopic (exact) mass is 218 g/mol. The molecule has 0 aliphatic carbocycles. The smallest absolute Gasteiger partial charge is 0.326 e. The summed E-state index contributed by atoms with van der Waals surface area (Å²) >= 11 is 1.38. The van der Waals surface area contributed by atoms with Gasteiger partial charge in [-0.05, 0) is 26.0 Å². The highest BCUT2D eigenvalue weighted by Gasteiger charge is 2.24. The number of unbranched alkanes of at least 4 members (excludes halogenated alkanes) is 1. The lowest BCUT2D eigenvalue weighted by Crippen LogP contribution is -2.27. The Labute approximate surface area is 89.6 Å². The van der Waals surface area contributed by atoms with Gasteiger partial charge in [0, 0.05) is 0 Å². The van der Waals surface area contributed by atoms with Gasteiger partial charge in [0.1, 0.15) is 0 Å². The summed E-state index contributed by atoms with van der Waals surface area (Å²) in [6.07, 6.45) is 2.09. The van der Waals surface area contributed by atoms with Gasteiger partial charge in [-0.25, -0.2) is 0 Å². The molecule has 0 bridgehead atoms. The van der Waals surface area contributed by atoms with Crippen molar-refractivity contribution in [3.63, 3.8) is 0 Å². The van der Waals surface area contributed by atoms with Crippen molar-refractivity contribution in [1.82, 2.24) is 0 Å². The van der Waals surface area contributed by atoms with E-state index >= 15 is 0 Å². The predicted octanol–water partition coefficient (Wildman–Crippen LogP) is 2.04. The van der Waals surface area contributed by atoms with E-state index in [1.165, 1.54) is 18.7 Å². The molecule has 0 saturated carbocycles. The number of esters is 1. The first-order valence-corrected chi connectivity index (χ1v) is 5.97. The van der Waals surface area contributed by atoms with Gasteiger partial charge >= 0.3 is 5.97 Å². The fourth-order valence-corrected chi connectivity index (χ4v) is 2.04. The maximum absolute atomic E-state index is 11.3. The van der Waals surface area contributed by atoms with Gasteiger partial charge in [-0.15, -0.1) is 11.8 Å². The maximum Gasteiger partial charge on any atom is 0.326 e. The lowest BCUT2D eigenvalue weighted by Gasteiger charge is -2.11. The molecule has 0 aliphatic heterocycles. The second-order valence-corrected chi connectivity index (χ2v) is 4.18. The standard InChI is InChI=1S/C10H18O3S/c1-4-6-7-14-9(8(3)11)10(12)13-5-2/h9H,4-7H2,1-3H3. The largest absolute Gasteiger partial charge is 0.465 e. The first kappa shape index (κ1) is 13.5. The molecule has 0 aromatic rings. The number of carbonyl (C=O) groups excluding carboxylic acids is 2. The second kappa shape index (κ2) is 7.85. The minimum atomic E-state index is -0.624. The van der Waals surface area contributed by atoms with E-state index < -0.39 is 11.2 Å². The first-order chi connectivity index (χ1) is 6.63. The minimum absolute atomic E-state index is 0.121. The number of hydrogen-bond acceptors (Lipinski definition) is 4. The fraction of sp³-hybridized carbons (Fsp3) is 0.800. The molecule has 1 atom stereocenters. The summed E-state index contributed by atoms with van der Waals surface area (Å²) < 4.78 is 4.82. The molecular formula is C10H18O3S. The third kappa shape index (κ3) is 5.27. The quantitative estimate of drug-likeness (QED) is 0.372. The van der Waals surface area contributed by atoms with Crippen molar-refractivity contribution in [2.24, 2.45) is 0 Å². The van der Waals surface area contributed by atoms with E-state index in [9.17, 15) is 9.59 Å². The highest BCUT2D eigenvalue weighted by molar-refractivity contribution is 8.01. The van der Waals surface area contributed by atoms with Crippen LogP contribution in [0.3, 0.4) is 0 Å². The van der Waals surface area contributed by atoms with Gasteiger partial charge in [0.05, 0.1) is 6.61 Å². The third-order valence-corrected chi connectivity index (χ3v) is 3.03. The van der Waals surface area contributed by atoms with Gasteiger partial charge in [-0.1, -0.05) is 13.3 Å². The van der Waals surface area contributed by atoms with Crippen LogP contribution in [0.1, 0.15) is 33.6 Å². The maximum atomic E-state index is 11.3. The van der Waals surface area contributed by atoms with Gasteiger partial charge in [-0.3, -0.25) is 9.59 Å². The summed E-state index contributed by atoms with van der Waals surface area (Å²) in [5.74, 6) is 0.310. The molecule has 0 aromatic heterocycles. The Kier molecular flexibility index (Phi) is 7.57. The van der Waals surface area contributed by atoms with E-state index in [0.29, 0.717) is 6.61 Å². The Balaban J connectivity index is 4.01. The zero-order valence-electron chi connectivity index (χ0n) is 9.04. The van der Waals surface area contributed by atoms with Crippen LogP contribution in [0.4, 0.5) is 0 Å². The lowest BCUT2D eigenvalue weighted by molar-refractivity contribution is -0.144. The molecule has 0 aliphatic rings. The number of ether oxygens (including phenoxy) is 1. The van der Waals surface area contributed by atoms with Gasteiger partial charge in [0.25, 0.3) is 0 Å². The lowest BCUT2D eigenvalue weighted by atomic mass is 10.3. The Morgan fingerprint density at radius 1 is 1.36 bits per heavy atom. The number of ketones is 1. The van der Waals surface area contributed by atoms with Crippen LogP contribution in [0.15, 0.2) is 0 Å². The molecule has 0 fully saturated rings. The summed E-state index contributed by atoms with van der Waals surface area (Å²) in [4.78, 5) is 22.4. The number of hydrogen-bond donors (Lipinski definition) is 0. The molecule has 0 aromatic carbocycles. The van der Waals surface area contributed by atoms with Crippen molar-refractivity contribution in [1.29, 1.82) is 0 Å². The third-order valence-electron chi connectivity index (χ3n) is 1.65. The Morgan fingerprint density at radius 2 is 2.00 bits per heavy atom. The van der Waals surface area contributed by atoms with Gasteiger partial charge < -0.3 is 4.74 Å². The Bertz CT molecular complexity index is 192. The van der Waals surface area contributed by atoms with Crippen LogP contribution in [-0.4, -0.2) is 29.4 Å². The molecule has 0 saturated heterocycles.